The molecule has 2 aromatic carbocycles. The van der Waals surface area contributed by atoms with Crippen molar-refractivity contribution in [2.45, 2.75) is 436 Å². The summed E-state index contributed by atoms with van der Waals surface area (Å²) in [5.74, 6) is 4.54. The van der Waals surface area contributed by atoms with Crippen LogP contribution in [0.1, 0.15) is 422 Å². The highest BCUT2D eigenvalue weighted by molar-refractivity contribution is 7.40. The number of rotatable bonds is 26. The first-order valence-electron chi connectivity index (χ1n) is 42.5. The molecule has 6 aliphatic rings. The lowest BCUT2D eigenvalue weighted by molar-refractivity contribution is -0.0776. The summed E-state index contributed by atoms with van der Waals surface area (Å²) in [6.45, 7) is 0. The molecule has 0 spiro atoms. The first kappa shape index (κ1) is 76.5. The van der Waals surface area contributed by atoms with E-state index in [-0.39, 0.29) is 23.0 Å². The maximum atomic E-state index is 13.7. The van der Waals surface area contributed by atoms with Gasteiger partial charge >= 0.3 is 8.60 Å². The van der Waals surface area contributed by atoms with Crippen molar-refractivity contribution in [2.75, 3.05) is 0 Å². The van der Waals surface area contributed by atoms with Crippen molar-refractivity contribution in [3.05, 3.63) is 71.8 Å². The lowest BCUT2D eigenvalue weighted by Crippen LogP contribution is -2.48. The van der Waals surface area contributed by atoms with Gasteiger partial charge in [-0.05, 0) is 186 Å². The smallest absolute Gasteiger partial charge is 0.328 e. The zero-order chi connectivity index (χ0) is 63.5. The van der Waals surface area contributed by atoms with Gasteiger partial charge in [0.2, 0.25) is 0 Å². The van der Waals surface area contributed by atoms with E-state index in [2.05, 4.69) is 60.7 Å². The second kappa shape index (κ2) is 47.7. The van der Waals surface area contributed by atoms with Gasteiger partial charge in [0.1, 0.15) is 0 Å². The van der Waals surface area contributed by atoms with E-state index in [1.165, 1.54) is 409 Å². The highest BCUT2D eigenvalue weighted by Gasteiger charge is 2.53. The maximum absolute atomic E-state index is 13.7. The van der Waals surface area contributed by atoms with Crippen molar-refractivity contribution >= 4 is 8.60 Å². The first-order valence-corrected chi connectivity index (χ1v) is 43.7. The van der Waals surface area contributed by atoms with Crippen LogP contribution in [0.2, 0.25) is 0 Å². The molecule has 4 heteroatoms. The van der Waals surface area contributed by atoms with E-state index < -0.39 is 8.60 Å². The van der Waals surface area contributed by atoms with E-state index in [0.29, 0.717) is 0 Å². The molecule has 0 aliphatic heterocycles. The van der Waals surface area contributed by atoms with Crippen LogP contribution in [0.4, 0.5) is 0 Å². The lowest BCUT2D eigenvalue weighted by atomic mass is 9.51. The average molecular weight is 1290 g/mol. The molecule has 2 aromatic rings. The minimum atomic E-state index is -2.09. The second-order valence-electron chi connectivity index (χ2n) is 33.0. The summed E-state index contributed by atoms with van der Waals surface area (Å²) in [7, 11) is -2.09. The Morgan fingerprint density at radius 3 is 0.674 bits per heavy atom. The molecule has 0 amide bonds. The number of hydrogen-bond donors (Lipinski definition) is 1. The van der Waals surface area contributed by atoms with Crippen LogP contribution in [-0.2, 0) is 21.9 Å². The van der Waals surface area contributed by atoms with Crippen LogP contribution in [0.25, 0.3) is 0 Å². The molecule has 526 valence electrons. The third kappa shape index (κ3) is 27.8. The van der Waals surface area contributed by atoms with Crippen LogP contribution >= 0.6 is 8.60 Å². The number of benzene rings is 2. The number of hydrogen-bond acceptors (Lipinski definition) is 3. The van der Waals surface area contributed by atoms with E-state index in [1.807, 2.05) is 0 Å². The minimum absolute atomic E-state index is 0.0372. The fraction of sp³-hybridized carbons (Fsp3) is 0.864. The van der Waals surface area contributed by atoms with Crippen LogP contribution in [0.3, 0.4) is 0 Å². The summed E-state index contributed by atoms with van der Waals surface area (Å²) in [5, 5.41) is 0. The highest BCUT2D eigenvalue weighted by atomic mass is 31.2. The van der Waals surface area contributed by atoms with E-state index in [4.69, 9.17) is 9.05 Å². The standard InChI is InChI=1S/C88H151O3P/c89-92(90-85(73-53-33-39-59-77-55-35-31-36-56-77)75-87(79-61-41-19-7-1-8-20-42-62-79,80-63-43-21-9-2-10-22-44-64-80)81-65-45-23-11-3-12-24-46-66-81)91-86(74-54-34-40-60-78-57-37-32-38-58-78)76-88(82-67-47-25-13-4-14-26-48-68-82,83-69-49-27-15-5-16-28-50-70-83)84-71-51-29-17-6-18-30-52-72-84/h31-32,35-38,55-58,79-86,89H,1-30,33-34,39-54,59-76H2. The topological polar surface area (TPSA) is 38.7 Å². The van der Waals surface area contributed by atoms with Gasteiger partial charge in [0, 0.05) is 0 Å². The molecular formula is C88H151O3P. The summed E-state index contributed by atoms with van der Waals surface area (Å²) >= 11 is 0. The van der Waals surface area contributed by atoms with Gasteiger partial charge in [-0.25, -0.2) is 0 Å². The molecule has 6 aliphatic carbocycles. The molecule has 92 heavy (non-hydrogen) atoms. The molecule has 1 N–H and O–H groups in total. The van der Waals surface area contributed by atoms with Gasteiger partial charge in [0.05, 0.1) is 12.2 Å². The third-order valence-electron chi connectivity index (χ3n) is 26.5. The van der Waals surface area contributed by atoms with Gasteiger partial charge in [-0.1, -0.05) is 356 Å². The van der Waals surface area contributed by atoms with Crippen LogP contribution in [0.15, 0.2) is 60.7 Å². The Morgan fingerprint density at radius 1 is 0.272 bits per heavy atom. The Bertz CT molecular complexity index is 1710. The van der Waals surface area contributed by atoms with E-state index >= 15 is 0 Å². The van der Waals surface area contributed by atoms with E-state index in [9.17, 15) is 4.89 Å². The maximum Gasteiger partial charge on any atom is 0.330 e. The minimum Gasteiger partial charge on any atom is -0.328 e. The highest BCUT2D eigenvalue weighted by Crippen LogP contribution is 2.61. The zero-order valence-corrected chi connectivity index (χ0v) is 61.7. The van der Waals surface area contributed by atoms with Crippen LogP contribution in [0.5, 0.6) is 0 Å². The molecule has 3 nitrogen and oxygen atoms in total. The number of aryl methyl sites for hydroxylation is 2. The normalized spacial score (nSPS) is 23.5. The predicted molar refractivity (Wildman–Crippen MR) is 400 cm³/mol. The van der Waals surface area contributed by atoms with Gasteiger partial charge in [-0.15, -0.1) is 0 Å². The van der Waals surface area contributed by atoms with Crippen molar-refractivity contribution in [3.8, 4) is 0 Å². The van der Waals surface area contributed by atoms with Gasteiger partial charge in [-0.2, -0.15) is 0 Å². The molecule has 0 aromatic heterocycles. The summed E-state index contributed by atoms with van der Waals surface area (Å²) in [4.78, 5) is 13.7. The van der Waals surface area contributed by atoms with Crippen molar-refractivity contribution in [1.29, 1.82) is 0 Å². The Morgan fingerprint density at radius 2 is 0.467 bits per heavy atom. The summed E-state index contributed by atoms with van der Waals surface area (Å²) < 4.78 is 15.8. The molecule has 6 fully saturated rings. The predicted octanol–water partition coefficient (Wildman–Crippen LogP) is 29.2. The van der Waals surface area contributed by atoms with Crippen LogP contribution in [0, 0.1) is 46.3 Å². The SMILES string of the molecule is OP(OC(CCCCCc1ccccc1)CC(C1CCCCCCCCC1)(C1CCCCCCCCC1)C1CCCCCCCCC1)OC(CCCCCc1ccccc1)CC(C1CCCCCCCCC1)(C1CCCCCCCCC1)C1CCCCCCCCC1. The van der Waals surface area contributed by atoms with Crippen molar-refractivity contribution in [3.63, 3.8) is 0 Å². The molecule has 0 bridgehead atoms. The first-order chi connectivity index (χ1) is 45.6. The van der Waals surface area contributed by atoms with Gasteiger partial charge in [-0.3, -0.25) is 0 Å². The Kier molecular flexibility index (Phi) is 39.7. The Balaban J connectivity index is 1.21. The molecule has 8 rings (SSSR count). The Labute approximate surface area is 573 Å². The lowest BCUT2D eigenvalue weighted by Gasteiger charge is -2.55. The molecule has 2 unspecified atom stereocenters. The quantitative estimate of drug-likeness (QED) is 0.0754. The summed E-state index contributed by atoms with van der Waals surface area (Å²) in [6.07, 6.45) is 91.4. The average Bonchev–Trinajstić information content (AvgIpc) is 0.780. The molecule has 6 saturated carbocycles. The van der Waals surface area contributed by atoms with Crippen molar-refractivity contribution < 1.29 is 13.9 Å². The fourth-order valence-corrected chi connectivity index (χ4v) is 22.5. The van der Waals surface area contributed by atoms with Gasteiger partial charge in [0.15, 0.2) is 0 Å². The van der Waals surface area contributed by atoms with Gasteiger partial charge in [0.25, 0.3) is 0 Å². The molecule has 0 radical (unpaired) electrons. The Hall–Kier alpha value is -1.25. The van der Waals surface area contributed by atoms with Crippen molar-refractivity contribution in [2.24, 2.45) is 46.3 Å². The third-order valence-corrected chi connectivity index (χ3v) is 27.5. The summed E-state index contributed by atoms with van der Waals surface area (Å²) in [6, 6.07) is 22.7. The second-order valence-corrected chi connectivity index (χ2v) is 33.9. The fourth-order valence-electron chi connectivity index (χ4n) is 21.6. The summed E-state index contributed by atoms with van der Waals surface area (Å²) in [5.41, 5.74) is 3.46. The number of unbranched alkanes of at least 4 members (excludes halogenated alkanes) is 4. The van der Waals surface area contributed by atoms with Gasteiger partial charge < -0.3 is 13.9 Å². The molecule has 0 heterocycles. The zero-order valence-electron chi connectivity index (χ0n) is 60.8. The largest absolute Gasteiger partial charge is 0.330 e. The van der Waals surface area contributed by atoms with Crippen molar-refractivity contribution in [1.82, 2.24) is 0 Å². The van der Waals surface area contributed by atoms with Crippen LogP contribution in [-0.4, -0.2) is 17.1 Å². The van der Waals surface area contributed by atoms with Crippen LogP contribution < -0.4 is 0 Å². The monoisotopic (exact) mass is 1290 g/mol. The molecule has 0 saturated heterocycles. The molecule has 2 atom stereocenters. The molecular weight excluding hydrogens is 1140 g/mol. The van der Waals surface area contributed by atoms with E-state index in [0.717, 1.165) is 61.2 Å². The van der Waals surface area contributed by atoms with E-state index in [1.54, 1.807) is 0 Å².